The fraction of sp³-hybridized carbons (Fsp3) is 0.538. The zero-order valence-electron chi connectivity index (χ0n) is 19.6. The van der Waals surface area contributed by atoms with E-state index in [9.17, 15) is 9.59 Å². The summed E-state index contributed by atoms with van der Waals surface area (Å²) in [5.41, 5.74) is 1.27. The number of fused-ring (bicyclic) bond motifs is 2. The van der Waals surface area contributed by atoms with Crippen molar-refractivity contribution in [2.24, 2.45) is 0 Å². The van der Waals surface area contributed by atoms with E-state index in [2.05, 4.69) is 12.2 Å². The second kappa shape index (κ2) is 10.8. The lowest BCUT2D eigenvalue weighted by Gasteiger charge is -2.26. The maximum absolute atomic E-state index is 13.3. The minimum atomic E-state index is -0.280. The van der Waals surface area contributed by atoms with Gasteiger partial charge in [0.2, 0.25) is 0 Å². The summed E-state index contributed by atoms with van der Waals surface area (Å²) in [7, 11) is 0. The monoisotopic (exact) mass is 449 g/mol. The first-order valence-electron chi connectivity index (χ1n) is 12.5. The van der Waals surface area contributed by atoms with Crippen LogP contribution in [-0.2, 0) is 0 Å². The molecule has 1 fully saturated rings. The van der Waals surface area contributed by atoms with Gasteiger partial charge < -0.3 is 9.88 Å². The molecular formula is C26H35N5O2. The average Bonchev–Trinajstić information content (AvgIpc) is 2.84. The Morgan fingerprint density at radius 3 is 2.67 bits per heavy atom. The molecule has 4 rings (SSSR count). The van der Waals surface area contributed by atoms with E-state index in [4.69, 9.17) is 10.4 Å². The summed E-state index contributed by atoms with van der Waals surface area (Å²) in [5.74, 6) is -0.280. The highest BCUT2D eigenvalue weighted by molar-refractivity contribution is 5.96. The van der Waals surface area contributed by atoms with Gasteiger partial charge in [0.1, 0.15) is 16.8 Å². The van der Waals surface area contributed by atoms with Gasteiger partial charge in [-0.15, -0.1) is 0 Å². The molecule has 0 aromatic carbocycles. The Bertz CT molecular complexity index is 1240. The average molecular weight is 450 g/mol. The SMILES string of the molecule is CCCCCCCCNC(=O)c1cc2c(=O)n3ccccc3nc2n(C2CCCCC2)c1=N. The number of nitrogens with one attached hydrogen (secondary N) is 2. The van der Waals surface area contributed by atoms with Crippen LogP contribution in [0.2, 0.25) is 0 Å². The molecule has 7 heteroatoms. The number of pyridine rings is 2. The van der Waals surface area contributed by atoms with E-state index in [1.165, 1.54) is 36.5 Å². The highest BCUT2D eigenvalue weighted by Crippen LogP contribution is 2.29. The van der Waals surface area contributed by atoms with Crippen molar-refractivity contribution in [1.29, 1.82) is 5.41 Å². The predicted octanol–water partition coefficient (Wildman–Crippen LogP) is 4.72. The van der Waals surface area contributed by atoms with Crippen LogP contribution in [0, 0.1) is 5.41 Å². The molecule has 1 aliphatic rings. The van der Waals surface area contributed by atoms with E-state index >= 15 is 0 Å². The molecular weight excluding hydrogens is 414 g/mol. The quantitative estimate of drug-likeness (QED) is 0.366. The number of nitrogens with zero attached hydrogens (tertiary/aromatic N) is 3. The lowest BCUT2D eigenvalue weighted by molar-refractivity contribution is 0.0950. The molecule has 0 unspecified atom stereocenters. The summed E-state index contributed by atoms with van der Waals surface area (Å²) >= 11 is 0. The minimum Gasteiger partial charge on any atom is -0.352 e. The van der Waals surface area contributed by atoms with Crippen molar-refractivity contribution in [3.63, 3.8) is 0 Å². The first kappa shape index (κ1) is 23.2. The number of carbonyl (C=O) groups excluding carboxylic acids is 1. The summed E-state index contributed by atoms with van der Waals surface area (Å²) in [6.07, 6.45) is 13.8. The summed E-state index contributed by atoms with van der Waals surface area (Å²) in [5, 5.41) is 12.3. The second-order valence-electron chi connectivity index (χ2n) is 9.18. The number of unbranched alkanes of at least 4 members (excludes halogenated alkanes) is 5. The molecule has 2 N–H and O–H groups in total. The van der Waals surface area contributed by atoms with E-state index < -0.39 is 0 Å². The van der Waals surface area contributed by atoms with Gasteiger partial charge in [0.15, 0.2) is 0 Å². The maximum atomic E-state index is 13.3. The number of carbonyl (C=O) groups is 1. The Morgan fingerprint density at radius 1 is 1.12 bits per heavy atom. The Balaban J connectivity index is 1.69. The molecule has 0 bridgehead atoms. The maximum Gasteiger partial charge on any atom is 0.267 e. The number of hydrogen-bond acceptors (Lipinski definition) is 4. The van der Waals surface area contributed by atoms with Crippen molar-refractivity contribution in [3.05, 3.63) is 51.9 Å². The van der Waals surface area contributed by atoms with Gasteiger partial charge in [-0.3, -0.25) is 19.4 Å². The molecule has 3 aromatic heterocycles. The van der Waals surface area contributed by atoms with Gasteiger partial charge in [0.05, 0.1) is 10.9 Å². The fourth-order valence-electron chi connectivity index (χ4n) is 4.92. The van der Waals surface area contributed by atoms with Gasteiger partial charge in [0.25, 0.3) is 11.5 Å². The first-order valence-corrected chi connectivity index (χ1v) is 12.5. The Labute approximate surface area is 194 Å². The third kappa shape index (κ3) is 5.02. The smallest absolute Gasteiger partial charge is 0.267 e. The molecule has 0 saturated heterocycles. The van der Waals surface area contributed by atoms with Gasteiger partial charge in [0, 0.05) is 18.8 Å². The predicted molar refractivity (Wildman–Crippen MR) is 131 cm³/mol. The molecule has 0 aliphatic heterocycles. The first-order chi connectivity index (χ1) is 16.1. The molecule has 0 radical (unpaired) electrons. The van der Waals surface area contributed by atoms with Gasteiger partial charge in [-0.25, -0.2) is 4.98 Å². The molecule has 3 heterocycles. The van der Waals surface area contributed by atoms with Crippen LogP contribution in [0.15, 0.2) is 35.3 Å². The largest absolute Gasteiger partial charge is 0.352 e. The van der Waals surface area contributed by atoms with Crippen LogP contribution in [0.5, 0.6) is 0 Å². The number of hydrogen-bond donors (Lipinski definition) is 2. The van der Waals surface area contributed by atoms with E-state index in [1.54, 1.807) is 24.4 Å². The summed E-state index contributed by atoms with van der Waals surface area (Å²) in [6.45, 7) is 2.78. The van der Waals surface area contributed by atoms with Crippen LogP contribution in [0.25, 0.3) is 16.7 Å². The number of amides is 1. The van der Waals surface area contributed by atoms with Gasteiger partial charge in [-0.05, 0) is 37.5 Å². The van der Waals surface area contributed by atoms with E-state index in [-0.39, 0.29) is 28.6 Å². The van der Waals surface area contributed by atoms with Crippen molar-refractivity contribution < 1.29 is 4.79 Å². The molecule has 1 saturated carbocycles. The van der Waals surface area contributed by atoms with Crippen molar-refractivity contribution in [3.8, 4) is 0 Å². The van der Waals surface area contributed by atoms with Crippen LogP contribution in [0.1, 0.15) is 94.0 Å². The van der Waals surface area contributed by atoms with Crippen molar-refractivity contribution in [1.82, 2.24) is 19.3 Å². The van der Waals surface area contributed by atoms with Crippen molar-refractivity contribution in [2.75, 3.05) is 6.54 Å². The van der Waals surface area contributed by atoms with Crippen LogP contribution >= 0.6 is 0 Å². The number of aromatic nitrogens is 3. The van der Waals surface area contributed by atoms with E-state index in [1.807, 2.05) is 10.6 Å². The zero-order chi connectivity index (χ0) is 23.2. The van der Waals surface area contributed by atoms with Crippen LogP contribution in [-0.4, -0.2) is 26.4 Å². The van der Waals surface area contributed by atoms with Crippen molar-refractivity contribution >= 4 is 22.6 Å². The molecule has 3 aromatic rings. The molecule has 0 spiro atoms. The van der Waals surface area contributed by atoms with Gasteiger partial charge >= 0.3 is 0 Å². The molecule has 33 heavy (non-hydrogen) atoms. The van der Waals surface area contributed by atoms with Crippen molar-refractivity contribution in [2.45, 2.75) is 83.6 Å². The zero-order valence-corrected chi connectivity index (χ0v) is 19.6. The van der Waals surface area contributed by atoms with E-state index in [0.29, 0.717) is 23.2 Å². The highest BCUT2D eigenvalue weighted by atomic mass is 16.1. The third-order valence-corrected chi connectivity index (χ3v) is 6.76. The summed E-state index contributed by atoms with van der Waals surface area (Å²) in [4.78, 5) is 31.2. The lowest BCUT2D eigenvalue weighted by atomic mass is 9.94. The number of rotatable bonds is 9. The topological polar surface area (TPSA) is 92.2 Å². The lowest BCUT2D eigenvalue weighted by Crippen LogP contribution is -2.37. The second-order valence-corrected chi connectivity index (χ2v) is 9.18. The van der Waals surface area contributed by atoms with Gasteiger partial charge in [-0.1, -0.05) is 64.4 Å². The van der Waals surface area contributed by atoms with Crippen LogP contribution < -0.4 is 16.4 Å². The standard InChI is InChI=1S/C26H35N5O2/c1-2-3-4-5-6-11-16-28-25(32)20-18-21-24(29-22-15-10-12-17-30(22)26(21)33)31(23(20)27)19-13-8-7-9-14-19/h10,12,15,17-19,27H,2-9,11,13-14,16H2,1H3,(H,28,32). The van der Waals surface area contributed by atoms with Crippen LogP contribution in [0.3, 0.4) is 0 Å². The van der Waals surface area contributed by atoms with Gasteiger partial charge in [-0.2, -0.15) is 0 Å². The Hall–Kier alpha value is -2.96. The Morgan fingerprint density at radius 2 is 1.88 bits per heavy atom. The van der Waals surface area contributed by atoms with Crippen LogP contribution in [0.4, 0.5) is 0 Å². The third-order valence-electron chi connectivity index (χ3n) is 6.76. The summed E-state index contributed by atoms with van der Waals surface area (Å²) < 4.78 is 3.36. The molecule has 7 nitrogen and oxygen atoms in total. The molecule has 176 valence electrons. The van der Waals surface area contributed by atoms with E-state index in [0.717, 1.165) is 38.5 Å². The molecule has 1 amide bonds. The normalized spacial score (nSPS) is 14.7. The fourth-order valence-corrected chi connectivity index (χ4v) is 4.92. The minimum absolute atomic E-state index is 0.0816. The molecule has 0 atom stereocenters. The summed E-state index contributed by atoms with van der Waals surface area (Å²) in [6, 6.07) is 7.10. The Kier molecular flexibility index (Phi) is 7.57. The highest BCUT2D eigenvalue weighted by Gasteiger charge is 2.23. The molecule has 1 aliphatic carbocycles.